The Hall–Kier alpha value is -2.86. The van der Waals surface area contributed by atoms with Crippen LogP contribution in [0.3, 0.4) is 0 Å². The Kier molecular flexibility index (Phi) is 4.48. The lowest BCUT2D eigenvalue weighted by atomic mass is 10.0. The van der Waals surface area contributed by atoms with E-state index < -0.39 is 17.9 Å². The first-order valence-corrected chi connectivity index (χ1v) is 7.62. The molecule has 2 heterocycles. The van der Waals surface area contributed by atoms with Crippen molar-refractivity contribution < 1.29 is 14.7 Å². The van der Waals surface area contributed by atoms with Crippen LogP contribution in [0.1, 0.15) is 16.1 Å². The molecule has 24 heavy (non-hydrogen) atoms. The molecule has 0 radical (unpaired) electrons. The topological polar surface area (TPSA) is 95.1 Å². The van der Waals surface area contributed by atoms with Crippen LogP contribution in [0.25, 0.3) is 10.9 Å². The van der Waals surface area contributed by atoms with E-state index in [1.165, 1.54) is 18.3 Å². The molecule has 3 N–H and O–H groups in total. The zero-order valence-corrected chi connectivity index (χ0v) is 13.2. The van der Waals surface area contributed by atoms with Gasteiger partial charge < -0.3 is 15.4 Å². The molecule has 0 aliphatic rings. The number of aromatic amines is 1. The van der Waals surface area contributed by atoms with Gasteiger partial charge in [0, 0.05) is 29.7 Å². The van der Waals surface area contributed by atoms with Crippen LogP contribution in [-0.4, -0.2) is 33.0 Å². The molecule has 1 atom stereocenters. The van der Waals surface area contributed by atoms with E-state index in [9.17, 15) is 14.7 Å². The largest absolute Gasteiger partial charge is 0.480 e. The molecule has 2 aromatic heterocycles. The zero-order valence-electron chi connectivity index (χ0n) is 12.5. The van der Waals surface area contributed by atoms with Crippen LogP contribution >= 0.6 is 11.6 Å². The highest BCUT2D eigenvalue weighted by molar-refractivity contribution is 6.30. The Bertz CT molecular complexity index is 889. The molecule has 3 aromatic rings. The maximum Gasteiger partial charge on any atom is 0.326 e. The van der Waals surface area contributed by atoms with Gasteiger partial charge in [-0.1, -0.05) is 29.8 Å². The summed E-state index contributed by atoms with van der Waals surface area (Å²) in [6.45, 7) is 0. The number of nitrogens with one attached hydrogen (secondary N) is 2. The second kappa shape index (κ2) is 6.72. The number of nitrogens with zero attached hydrogens (tertiary/aromatic N) is 1. The number of H-pyrrole nitrogens is 1. The van der Waals surface area contributed by atoms with Gasteiger partial charge in [-0.3, -0.25) is 4.79 Å². The number of carboxylic acid groups (broad SMARTS) is 1. The maximum absolute atomic E-state index is 12.2. The Morgan fingerprint density at radius 1 is 1.25 bits per heavy atom. The molecule has 7 heteroatoms. The van der Waals surface area contributed by atoms with Gasteiger partial charge in [0.15, 0.2) is 0 Å². The number of para-hydroxylation sites is 1. The SMILES string of the molecule is O=C(NC(Cc1c[nH]c2ccccc12)C(=O)O)c1ccc(Cl)cn1. The smallest absolute Gasteiger partial charge is 0.326 e. The third kappa shape index (κ3) is 3.38. The van der Waals surface area contributed by atoms with Gasteiger partial charge >= 0.3 is 5.97 Å². The number of benzene rings is 1. The van der Waals surface area contributed by atoms with E-state index in [1.807, 2.05) is 24.3 Å². The number of carbonyl (C=O) groups is 2. The summed E-state index contributed by atoms with van der Waals surface area (Å²) in [4.78, 5) is 30.7. The van der Waals surface area contributed by atoms with Crippen LogP contribution in [0.5, 0.6) is 0 Å². The monoisotopic (exact) mass is 343 g/mol. The van der Waals surface area contributed by atoms with Gasteiger partial charge in [-0.2, -0.15) is 0 Å². The molecule has 0 aliphatic heterocycles. The molecule has 3 rings (SSSR count). The molecule has 122 valence electrons. The molecule has 0 saturated heterocycles. The number of amides is 1. The van der Waals surface area contributed by atoms with Crippen LogP contribution in [0.4, 0.5) is 0 Å². The van der Waals surface area contributed by atoms with Crippen LogP contribution < -0.4 is 5.32 Å². The van der Waals surface area contributed by atoms with E-state index >= 15 is 0 Å². The molecule has 1 unspecified atom stereocenters. The highest BCUT2D eigenvalue weighted by atomic mass is 35.5. The van der Waals surface area contributed by atoms with Gasteiger partial charge in [0.2, 0.25) is 0 Å². The first kappa shape index (κ1) is 16.0. The average Bonchev–Trinajstić information content (AvgIpc) is 2.98. The van der Waals surface area contributed by atoms with Crippen molar-refractivity contribution in [2.24, 2.45) is 0 Å². The third-order valence-corrected chi connectivity index (χ3v) is 3.89. The fourth-order valence-electron chi connectivity index (χ4n) is 2.46. The Morgan fingerprint density at radius 3 is 2.75 bits per heavy atom. The number of rotatable bonds is 5. The summed E-state index contributed by atoms with van der Waals surface area (Å²) >= 11 is 5.73. The first-order valence-electron chi connectivity index (χ1n) is 7.25. The minimum absolute atomic E-state index is 0.115. The molecular weight excluding hydrogens is 330 g/mol. The minimum Gasteiger partial charge on any atom is -0.480 e. The van der Waals surface area contributed by atoms with Crippen LogP contribution in [-0.2, 0) is 11.2 Å². The molecule has 0 spiro atoms. The number of hydrogen-bond acceptors (Lipinski definition) is 3. The van der Waals surface area contributed by atoms with Crippen molar-refractivity contribution in [1.82, 2.24) is 15.3 Å². The van der Waals surface area contributed by atoms with Gasteiger partial charge in [0.05, 0.1) is 5.02 Å². The fourth-order valence-corrected chi connectivity index (χ4v) is 2.57. The van der Waals surface area contributed by atoms with Crippen molar-refractivity contribution in [3.63, 3.8) is 0 Å². The van der Waals surface area contributed by atoms with Crippen molar-refractivity contribution in [1.29, 1.82) is 0 Å². The lowest BCUT2D eigenvalue weighted by molar-refractivity contribution is -0.139. The lowest BCUT2D eigenvalue weighted by Gasteiger charge is -2.14. The molecular formula is C17H14ClN3O3. The molecule has 6 nitrogen and oxygen atoms in total. The summed E-state index contributed by atoms with van der Waals surface area (Å²) in [5, 5.41) is 13.3. The Labute approximate surface area is 142 Å². The number of pyridine rings is 1. The summed E-state index contributed by atoms with van der Waals surface area (Å²) in [7, 11) is 0. The quantitative estimate of drug-likeness (QED) is 0.663. The fraction of sp³-hybridized carbons (Fsp3) is 0.118. The Balaban J connectivity index is 1.79. The van der Waals surface area contributed by atoms with Crippen molar-refractivity contribution in [3.8, 4) is 0 Å². The summed E-state index contributed by atoms with van der Waals surface area (Å²) in [5.74, 6) is -1.67. The number of fused-ring (bicyclic) bond motifs is 1. The van der Waals surface area contributed by atoms with E-state index in [1.54, 1.807) is 6.20 Å². The van der Waals surface area contributed by atoms with Crippen molar-refractivity contribution >= 4 is 34.4 Å². The van der Waals surface area contributed by atoms with Gasteiger partial charge in [-0.15, -0.1) is 0 Å². The van der Waals surface area contributed by atoms with Gasteiger partial charge in [0.1, 0.15) is 11.7 Å². The number of carbonyl (C=O) groups excluding carboxylic acids is 1. The molecule has 1 aromatic carbocycles. The number of hydrogen-bond donors (Lipinski definition) is 3. The molecule has 0 bridgehead atoms. The first-order chi connectivity index (χ1) is 11.5. The van der Waals surface area contributed by atoms with E-state index in [0.29, 0.717) is 5.02 Å². The molecule has 0 aliphatic carbocycles. The molecule has 1 amide bonds. The van der Waals surface area contributed by atoms with Crippen LogP contribution in [0, 0.1) is 0 Å². The standard InChI is InChI=1S/C17H14ClN3O3/c18-11-5-6-14(20-9-11)16(22)21-15(17(23)24)7-10-8-19-13-4-2-1-3-12(10)13/h1-6,8-9,15,19H,7H2,(H,21,22)(H,23,24). The van der Waals surface area contributed by atoms with E-state index in [-0.39, 0.29) is 12.1 Å². The van der Waals surface area contributed by atoms with E-state index in [4.69, 9.17) is 11.6 Å². The predicted octanol–water partition coefficient (Wildman–Crippen LogP) is 2.64. The lowest BCUT2D eigenvalue weighted by Crippen LogP contribution is -2.42. The third-order valence-electron chi connectivity index (χ3n) is 3.66. The maximum atomic E-state index is 12.2. The number of aliphatic carboxylic acids is 1. The van der Waals surface area contributed by atoms with Crippen molar-refractivity contribution in [2.75, 3.05) is 0 Å². The number of aromatic nitrogens is 2. The van der Waals surface area contributed by atoms with Crippen molar-refractivity contribution in [2.45, 2.75) is 12.5 Å². The summed E-state index contributed by atoms with van der Waals surface area (Å²) < 4.78 is 0. The summed E-state index contributed by atoms with van der Waals surface area (Å²) in [6, 6.07) is 9.50. The summed E-state index contributed by atoms with van der Waals surface area (Å²) in [5.41, 5.74) is 1.86. The van der Waals surface area contributed by atoms with Gasteiger partial charge in [0.25, 0.3) is 5.91 Å². The summed E-state index contributed by atoms with van der Waals surface area (Å²) in [6.07, 6.45) is 3.26. The van der Waals surface area contributed by atoms with Gasteiger partial charge in [-0.05, 0) is 23.8 Å². The number of carboxylic acids is 1. The van der Waals surface area contributed by atoms with Crippen LogP contribution in [0.2, 0.25) is 5.02 Å². The zero-order chi connectivity index (χ0) is 17.1. The minimum atomic E-state index is -1.11. The highest BCUT2D eigenvalue weighted by Crippen LogP contribution is 2.19. The molecule has 0 saturated carbocycles. The Morgan fingerprint density at radius 2 is 2.04 bits per heavy atom. The average molecular weight is 344 g/mol. The molecule has 0 fully saturated rings. The second-order valence-corrected chi connectivity index (χ2v) is 5.73. The van der Waals surface area contributed by atoms with E-state index in [0.717, 1.165) is 16.5 Å². The van der Waals surface area contributed by atoms with Gasteiger partial charge in [-0.25, -0.2) is 9.78 Å². The van der Waals surface area contributed by atoms with E-state index in [2.05, 4.69) is 15.3 Å². The predicted molar refractivity (Wildman–Crippen MR) is 90.1 cm³/mol. The second-order valence-electron chi connectivity index (χ2n) is 5.29. The highest BCUT2D eigenvalue weighted by Gasteiger charge is 2.23. The van der Waals surface area contributed by atoms with Crippen molar-refractivity contribution in [3.05, 3.63) is 65.1 Å². The van der Waals surface area contributed by atoms with Crippen LogP contribution in [0.15, 0.2) is 48.8 Å². The number of halogens is 1. The normalized spacial score (nSPS) is 12.0.